The highest BCUT2D eigenvalue weighted by atomic mass is 79.9. The van der Waals surface area contributed by atoms with Crippen molar-refractivity contribution in [1.29, 1.82) is 0 Å². The van der Waals surface area contributed by atoms with Crippen molar-refractivity contribution in [3.63, 3.8) is 0 Å². The van der Waals surface area contributed by atoms with Gasteiger partial charge in [0.15, 0.2) is 11.6 Å². The van der Waals surface area contributed by atoms with E-state index in [9.17, 15) is 34.3 Å². The summed E-state index contributed by atoms with van der Waals surface area (Å²) in [5, 5.41) is 28.6. The number of hydrogen-bond acceptors (Lipinski definition) is 8. The van der Waals surface area contributed by atoms with Crippen LogP contribution in [0.4, 0.5) is 5.69 Å². The molecule has 4 aliphatic rings. The van der Waals surface area contributed by atoms with Crippen LogP contribution in [0.25, 0.3) is 0 Å². The molecule has 0 saturated carbocycles. The molecule has 208 valence electrons. The number of anilines is 1. The second-order valence-electron chi connectivity index (χ2n) is 10.5. The summed E-state index contributed by atoms with van der Waals surface area (Å²) < 4.78 is 5.96. The fourth-order valence-electron chi connectivity index (χ4n) is 6.65. The highest BCUT2D eigenvalue weighted by Gasteiger charge is 2.57. The molecule has 0 bridgehead atoms. The summed E-state index contributed by atoms with van der Waals surface area (Å²) in [4.78, 5) is 55.6. The van der Waals surface area contributed by atoms with Crippen LogP contribution in [0.15, 0.2) is 81.9 Å². The Morgan fingerprint density at radius 1 is 1.00 bits per heavy atom. The molecule has 4 unspecified atom stereocenters. The molecular formula is C30H25BBrNO8. The number of para-hydroxylation sites is 1. The van der Waals surface area contributed by atoms with Gasteiger partial charge in [-0.2, -0.15) is 0 Å². The zero-order chi connectivity index (χ0) is 29.0. The number of halogens is 1. The Bertz CT molecular complexity index is 1590. The number of fused-ring (bicyclic) bond motifs is 3. The van der Waals surface area contributed by atoms with E-state index in [4.69, 9.17) is 4.74 Å². The quantitative estimate of drug-likeness (QED) is 0.193. The number of imide groups is 1. The van der Waals surface area contributed by atoms with Crippen LogP contribution in [0.2, 0.25) is 0 Å². The second kappa shape index (κ2) is 10.6. The van der Waals surface area contributed by atoms with Crippen molar-refractivity contribution in [2.24, 2.45) is 17.8 Å². The van der Waals surface area contributed by atoms with E-state index in [0.29, 0.717) is 22.5 Å². The first-order valence-corrected chi connectivity index (χ1v) is 14.1. The summed E-state index contributed by atoms with van der Waals surface area (Å²) in [5.74, 6) is -3.69. The van der Waals surface area contributed by atoms with Crippen LogP contribution in [-0.2, 0) is 19.2 Å². The van der Waals surface area contributed by atoms with Gasteiger partial charge in [0.25, 0.3) is 0 Å². The molecule has 3 aliphatic carbocycles. The highest BCUT2D eigenvalue weighted by molar-refractivity contribution is 9.12. The molecule has 2 amide bonds. The Morgan fingerprint density at radius 3 is 2.54 bits per heavy atom. The molecule has 2 aromatic carbocycles. The van der Waals surface area contributed by atoms with Crippen LogP contribution in [0.1, 0.15) is 24.3 Å². The third-order valence-electron chi connectivity index (χ3n) is 8.34. The monoisotopic (exact) mass is 617 g/mol. The van der Waals surface area contributed by atoms with Crippen LogP contribution in [-0.4, -0.2) is 58.9 Å². The zero-order valence-electron chi connectivity index (χ0n) is 21.7. The SMILES string of the molecule is O=C1C=C(Br)C(=O)C2=C1C(c1ccccc1OCCO)C1=CCC3C(=O)N(c4cccc(B(O)O)c4)C(=O)C3C1C2. The van der Waals surface area contributed by atoms with Crippen LogP contribution < -0.4 is 15.1 Å². The lowest BCUT2D eigenvalue weighted by atomic mass is 9.59. The number of benzene rings is 2. The van der Waals surface area contributed by atoms with Gasteiger partial charge in [-0.3, -0.25) is 24.1 Å². The number of aliphatic hydroxyl groups is 1. The maximum absolute atomic E-state index is 14.0. The fourth-order valence-corrected chi connectivity index (χ4v) is 7.09. The van der Waals surface area contributed by atoms with Crippen molar-refractivity contribution in [3.8, 4) is 5.75 Å². The highest BCUT2D eigenvalue weighted by Crippen LogP contribution is 2.56. The smallest absolute Gasteiger partial charge is 0.488 e. The number of ketones is 2. The van der Waals surface area contributed by atoms with Crippen LogP contribution in [0.3, 0.4) is 0 Å². The van der Waals surface area contributed by atoms with Gasteiger partial charge in [-0.05, 0) is 58.4 Å². The average Bonchev–Trinajstić information content (AvgIpc) is 3.23. The Morgan fingerprint density at radius 2 is 1.78 bits per heavy atom. The molecular weight excluding hydrogens is 593 g/mol. The largest absolute Gasteiger partial charge is 0.491 e. The number of rotatable bonds is 6. The number of carbonyl (C=O) groups excluding carboxylic acids is 4. The van der Waals surface area contributed by atoms with E-state index >= 15 is 0 Å². The number of Topliss-reactive ketones (excluding diaryl/α,β-unsaturated/α-hetero) is 1. The van der Waals surface area contributed by atoms with Crippen molar-refractivity contribution in [1.82, 2.24) is 0 Å². The second-order valence-corrected chi connectivity index (χ2v) is 11.3. The number of amides is 2. The van der Waals surface area contributed by atoms with Gasteiger partial charge in [0.1, 0.15) is 12.4 Å². The van der Waals surface area contributed by atoms with E-state index in [1.165, 1.54) is 18.2 Å². The Kier molecular flexibility index (Phi) is 7.15. The van der Waals surface area contributed by atoms with Crippen molar-refractivity contribution in [3.05, 3.63) is 87.4 Å². The van der Waals surface area contributed by atoms with Crippen molar-refractivity contribution in [2.45, 2.75) is 18.8 Å². The van der Waals surface area contributed by atoms with Crippen molar-refractivity contribution >= 4 is 57.6 Å². The molecule has 2 aromatic rings. The minimum absolute atomic E-state index is 0.0324. The normalized spacial score (nSPS) is 25.4. The molecule has 1 saturated heterocycles. The Labute approximate surface area is 244 Å². The van der Waals surface area contributed by atoms with E-state index in [-0.39, 0.29) is 53.3 Å². The molecule has 11 heteroatoms. The molecule has 6 rings (SSSR count). The van der Waals surface area contributed by atoms with Crippen molar-refractivity contribution < 1.29 is 39.1 Å². The summed E-state index contributed by atoms with van der Waals surface area (Å²) >= 11 is 3.22. The van der Waals surface area contributed by atoms with Crippen LogP contribution >= 0.6 is 15.9 Å². The first kappa shape index (κ1) is 27.5. The maximum Gasteiger partial charge on any atom is 0.488 e. The molecule has 1 heterocycles. The number of allylic oxidation sites excluding steroid dienone is 6. The molecule has 1 fully saturated rings. The summed E-state index contributed by atoms with van der Waals surface area (Å²) in [6.45, 7) is -0.180. The molecule has 1 aliphatic heterocycles. The Balaban J connectivity index is 1.47. The third kappa shape index (κ3) is 4.44. The van der Waals surface area contributed by atoms with Gasteiger partial charge in [0.2, 0.25) is 11.8 Å². The van der Waals surface area contributed by atoms with Crippen molar-refractivity contribution in [2.75, 3.05) is 18.1 Å². The standard InChI is InChI=1S/C30H25BBrNO8/c32-22-14-23(35)27-21(28(22)36)13-20-17(25(27)18-6-1-2-7-24(18)41-11-10-34)8-9-19-26(20)30(38)33(29(19)37)16-5-3-4-15(12-16)31(39)40/h1-8,12,14,19-20,25-26,34,39-40H,9-11,13H2. The van der Waals surface area contributed by atoms with E-state index in [1.54, 1.807) is 30.3 Å². The maximum atomic E-state index is 14.0. The zero-order valence-corrected chi connectivity index (χ0v) is 23.3. The number of ether oxygens (including phenoxy) is 1. The topological polar surface area (TPSA) is 141 Å². The number of aliphatic hydroxyl groups excluding tert-OH is 1. The van der Waals surface area contributed by atoms with E-state index in [1.807, 2.05) is 12.1 Å². The van der Waals surface area contributed by atoms with E-state index in [0.717, 1.165) is 10.5 Å². The first-order chi connectivity index (χ1) is 19.7. The van der Waals surface area contributed by atoms with E-state index < -0.39 is 42.6 Å². The predicted molar refractivity (Wildman–Crippen MR) is 152 cm³/mol. The van der Waals surface area contributed by atoms with Crippen LogP contribution in [0.5, 0.6) is 5.75 Å². The van der Waals surface area contributed by atoms with Gasteiger partial charge in [0.05, 0.1) is 28.6 Å². The minimum atomic E-state index is -1.77. The summed E-state index contributed by atoms with van der Waals surface area (Å²) in [5.41, 5.74) is 2.43. The molecule has 41 heavy (non-hydrogen) atoms. The molecule has 0 aromatic heterocycles. The van der Waals surface area contributed by atoms with Gasteiger partial charge in [-0.1, -0.05) is 42.0 Å². The lowest BCUT2D eigenvalue weighted by Crippen LogP contribution is -2.40. The minimum Gasteiger partial charge on any atom is -0.491 e. The fraction of sp³-hybridized carbons (Fsp3) is 0.267. The number of nitrogens with zero attached hydrogens (tertiary/aromatic N) is 1. The predicted octanol–water partition coefficient (Wildman–Crippen LogP) is 1.70. The van der Waals surface area contributed by atoms with Crippen LogP contribution in [0, 0.1) is 17.8 Å². The van der Waals surface area contributed by atoms with Gasteiger partial charge in [-0.15, -0.1) is 0 Å². The summed E-state index contributed by atoms with van der Waals surface area (Å²) in [6, 6.07) is 13.1. The molecule has 0 spiro atoms. The third-order valence-corrected chi connectivity index (χ3v) is 8.93. The van der Waals surface area contributed by atoms with Gasteiger partial charge in [0, 0.05) is 28.7 Å². The molecule has 3 N–H and O–H groups in total. The molecule has 0 radical (unpaired) electrons. The Hall–Kier alpha value is -3.64. The number of hydrogen-bond donors (Lipinski definition) is 3. The van der Waals surface area contributed by atoms with Gasteiger partial charge < -0.3 is 19.9 Å². The van der Waals surface area contributed by atoms with Gasteiger partial charge >= 0.3 is 7.12 Å². The summed E-state index contributed by atoms with van der Waals surface area (Å²) in [6.07, 6.45) is 3.57. The van der Waals surface area contributed by atoms with Gasteiger partial charge in [-0.25, -0.2) is 0 Å². The first-order valence-electron chi connectivity index (χ1n) is 13.3. The number of carbonyl (C=O) groups is 4. The average molecular weight is 618 g/mol. The molecule has 4 atom stereocenters. The van der Waals surface area contributed by atoms with E-state index in [2.05, 4.69) is 15.9 Å². The molecule has 9 nitrogen and oxygen atoms in total. The lowest BCUT2D eigenvalue weighted by Gasteiger charge is -2.42. The summed E-state index contributed by atoms with van der Waals surface area (Å²) in [7, 11) is -1.77. The lowest BCUT2D eigenvalue weighted by molar-refractivity contribution is -0.123.